The summed E-state index contributed by atoms with van der Waals surface area (Å²) < 4.78 is 0.492. The number of piperidine rings is 1. The Kier molecular flexibility index (Phi) is 7.83. The predicted molar refractivity (Wildman–Crippen MR) is 138 cm³/mol. The van der Waals surface area contributed by atoms with E-state index >= 15 is 0 Å². The molecular formula is C26H28N2O3S2. The second kappa shape index (κ2) is 11.0. The van der Waals surface area contributed by atoms with Crippen LogP contribution in [0, 0.1) is 5.92 Å². The standard InChI is InChI=1S/C26H28N2O3S2/c29-24(30)7-4-14-28-25(31)23(33-26(28)32)18-20-8-10-22(11-9-20)27-15-12-21(13-16-27)17-19-5-2-1-3-6-19/h1-3,5-6,8-11,18,21H,4,7,12-17H2,(H,29,30)/b23-18+. The van der Waals surface area contributed by atoms with Crippen LogP contribution in [0.5, 0.6) is 0 Å². The minimum atomic E-state index is -0.864. The van der Waals surface area contributed by atoms with E-state index in [0.29, 0.717) is 22.2 Å². The van der Waals surface area contributed by atoms with E-state index in [-0.39, 0.29) is 12.3 Å². The second-order valence-corrected chi connectivity index (χ2v) is 10.2. The first-order chi connectivity index (χ1) is 16.0. The van der Waals surface area contributed by atoms with Crippen LogP contribution in [0.1, 0.15) is 36.8 Å². The molecule has 0 saturated carbocycles. The maximum absolute atomic E-state index is 12.7. The number of carboxylic acids is 1. The van der Waals surface area contributed by atoms with Gasteiger partial charge in [0.25, 0.3) is 5.91 Å². The highest BCUT2D eigenvalue weighted by Gasteiger charge is 2.31. The Morgan fingerprint density at radius 1 is 1.09 bits per heavy atom. The highest BCUT2D eigenvalue weighted by molar-refractivity contribution is 8.26. The normalized spacial score (nSPS) is 18.4. The Morgan fingerprint density at radius 3 is 2.45 bits per heavy atom. The lowest BCUT2D eigenvalue weighted by Gasteiger charge is -2.33. The smallest absolute Gasteiger partial charge is 0.303 e. The van der Waals surface area contributed by atoms with Crippen LogP contribution < -0.4 is 4.90 Å². The summed E-state index contributed by atoms with van der Waals surface area (Å²) in [5, 5.41) is 8.80. The fraction of sp³-hybridized carbons (Fsp3) is 0.346. The van der Waals surface area contributed by atoms with Crippen molar-refractivity contribution in [1.29, 1.82) is 0 Å². The number of carboxylic acid groups (broad SMARTS) is 1. The third kappa shape index (κ3) is 6.24. The number of rotatable bonds is 8. The van der Waals surface area contributed by atoms with Crippen molar-refractivity contribution < 1.29 is 14.7 Å². The second-order valence-electron chi connectivity index (χ2n) is 8.54. The highest BCUT2D eigenvalue weighted by Crippen LogP contribution is 2.33. The first-order valence-corrected chi connectivity index (χ1v) is 12.6. The summed E-state index contributed by atoms with van der Waals surface area (Å²) >= 11 is 6.60. The Labute approximate surface area is 204 Å². The molecule has 0 spiro atoms. The van der Waals surface area contributed by atoms with Gasteiger partial charge in [0, 0.05) is 31.7 Å². The Balaban J connectivity index is 1.31. The summed E-state index contributed by atoms with van der Waals surface area (Å²) in [6.45, 7) is 2.46. The van der Waals surface area contributed by atoms with Gasteiger partial charge < -0.3 is 10.0 Å². The van der Waals surface area contributed by atoms with E-state index in [1.54, 1.807) is 0 Å². The molecule has 2 fully saturated rings. The van der Waals surface area contributed by atoms with E-state index < -0.39 is 5.97 Å². The molecule has 2 aliphatic heterocycles. The van der Waals surface area contributed by atoms with Crippen LogP contribution in [0.4, 0.5) is 5.69 Å². The van der Waals surface area contributed by atoms with Crippen molar-refractivity contribution in [3.63, 3.8) is 0 Å². The fourth-order valence-electron chi connectivity index (χ4n) is 4.36. The van der Waals surface area contributed by atoms with Gasteiger partial charge in [0.15, 0.2) is 0 Å². The van der Waals surface area contributed by atoms with Gasteiger partial charge in [-0.3, -0.25) is 14.5 Å². The highest BCUT2D eigenvalue weighted by atomic mass is 32.2. The van der Waals surface area contributed by atoms with Crippen molar-refractivity contribution in [2.45, 2.75) is 32.1 Å². The van der Waals surface area contributed by atoms with E-state index in [1.807, 2.05) is 18.2 Å². The van der Waals surface area contributed by atoms with Gasteiger partial charge in [0.2, 0.25) is 0 Å². The van der Waals surface area contributed by atoms with Crippen molar-refractivity contribution in [3.05, 3.63) is 70.6 Å². The maximum atomic E-state index is 12.7. The molecule has 1 amide bonds. The zero-order valence-electron chi connectivity index (χ0n) is 18.5. The van der Waals surface area contributed by atoms with Crippen LogP contribution in [0.15, 0.2) is 59.5 Å². The van der Waals surface area contributed by atoms with Gasteiger partial charge in [-0.25, -0.2) is 0 Å². The van der Waals surface area contributed by atoms with Gasteiger partial charge >= 0.3 is 5.97 Å². The Morgan fingerprint density at radius 2 is 1.79 bits per heavy atom. The lowest BCUT2D eigenvalue weighted by Crippen LogP contribution is -2.34. The van der Waals surface area contributed by atoms with Crippen LogP contribution in [-0.2, 0) is 16.0 Å². The van der Waals surface area contributed by atoms with Crippen LogP contribution in [0.2, 0.25) is 0 Å². The van der Waals surface area contributed by atoms with E-state index in [2.05, 4.69) is 47.4 Å². The third-order valence-corrected chi connectivity index (χ3v) is 7.56. The average molecular weight is 481 g/mol. The minimum absolute atomic E-state index is 0.0288. The summed E-state index contributed by atoms with van der Waals surface area (Å²) in [7, 11) is 0. The number of hydrogen-bond donors (Lipinski definition) is 1. The minimum Gasteiger partial charge on any atom is -0.481 e. The van der Waals surface area contributed by atoms with Gasteiger partial charge in [0.05, 0.1) is 4.91 Å². The molecule has 7 heteroatoms. The molecule has 0 aliphatic carbocycles. The molecule has 1 N–H and O–H groups in total. The van der Waals surface area contributed by atoms with Gasteiger partial charge in [-0.2, -0.15) is 0 Å². The van der Waals surface area contributed by atoms with Gasteiger partial charge in [-0.15, -0.1) is 0 Å². The lowest BCUT2D eigenvalue weighted by molar-refractivity contribution is -0.137. The number of nitrogens with zero attached hydrogens (tertiary/aromatic N) is 2. The summed E-state index contributed by atoms with van der Waals surface area (Å²) in [6.07, 6.45) is 5.84. The largest absolute Gasteiger partial charge is 0.481 e. The van der Waals surface area contributed by atoms with Crippen molar-refractivity contribution in [2.75, 3.05) is 24.5 Å². The quantitative estimate of drug-likeness (QED) is 0.413. The number of anilines is 1. The number of carbonyl (C=O) groups excluding carboxylic acids is 1. The SMILES string of the molecule is O=C(O)CCCN1C(=O)/C(=C\c2ccc(N3CCC(Cc4ccccc4)CC3)cc2)SC1=S. The molecule has 4 rings (SSSR count). The van der Waals surface area contributed by atoms with Crippen molar-refractivity contribution >= 4 is 51.9 Å². The van der Waals surface area contributed by atoms with E-state index in [9.17, 15) is 9.59 Å². The molecule has 2 heterocycles. The molecule has 2 aromatic carbocycles. The average Bonchev–Trinajstić information content (AvgIpc) is 3.08. The third-order valence-electron chi connectivity index (χ3n) is 6.18. The molecular weight excluding hydrogens is 452 g/mol. The molecule has 0 aromatic heterocycles. The molecule has 0 atom stereocenters. The topological polar surface area (TPSA) is 60.9 Å². The monoisotopic (exact) mass is 480 g/mol. The number of thioether (sulfide) groups is 1. The summed E-state index contributed by atoms with van der Waals surface area (Å²) in [4.78, 5) is 27.9. The van der Waals surface area contributed by atoms with Gasteiger partial charge in [-0.05, 0) is 60.9 Å². The van der Waals surface area contributed by atoms with Crippen LogP contribution in [0.3, 0.4) is 0 Å². The first kappa shape index (κ1) is 23.5. The molecule has 0 radical (unpaired) electrons. The molecule has 2 saturated heterocycles. The number of benzene rings is 2. The Hall–Kier alpha value is -2.64. The van der Waals surface area contributed by atoms with E-state index in [4.69, 9.17) is 17.3 Å². The summed E-state index contributed by atoms with van der Waals surface area (Å²) in [5.74, 6) is -0.267. The molecule has 5 nitrogen and oxygen atoms in total. The zero-order valence-corrected chi connectivity index (χ0v) is 20.1. The molecule has 33 heavy (non-hydrogen) atoms. The number of amides is 1. The number of aliphatic carboxylic acids is 1. The van der Waals surface area contributed by atoms with Gasteiger partial charge in [0.1, 0.15) is 4.32 Å². The molecule has 172 valence electrons. The van der Waals surface area contributed by atoms with Crippen molar-refractivity contribution in [2.24, 2.45) is 5.92 Å². The van der Waals surface area contributed by atoms with Crippen molar-refractivity contribution in [3.8, 4) is 0 Å². The molecule has 0 unspecified atom stereocenters. The first-order valence-electron chi connectivity index (χ1n) is 11.4. The number of thiocarbonyl (C=S) groups is 1. The predicted octanol–water partition coefficient (Wildman–Crippen LogP) is 5.21. The lowest BCUT2D eigenvalue weighted by atomic mass is 9.90. The van der Waals surface area contributed by atoms with Crippen LogP contribution >= 0.6 is 24.0 Å². The number of carbonyl (C=O) groups is 2. The zero-order chi connectivity index (χ0) is 23.2. The summed E-state index contributed by atoms with van der Waals surface area (Å²) in [5.41, 5.74) is 3.60. The molecule has 0 bridgehead atoms. The summed E-state index contributed by atoms with van der Waals surface area (Å²) in [6, 6.07) is 19.1. The van der Waals surface area contributed by atoms with E-state index in [1.165, 1.54) is 40.8 Å². The molecule has 2 aromatic rings. The van der Waals surface area contributed by atoms with Gasteiger partial charge in [-0.1, -0.05) is 66.4 Å². The fourth-order valence-corrected chi connectivity index (χ4v) is 5.67. The van der Waals surface area contributed by atoms with Crippen LogP contribution in [0.25, 0.3) is 6.08 Å². The van der Waals surface area contributed by atoms with Crippen LogP contribution in [-0.4, -0.2) is 45.8 Å². The van der Waals surface area contributed by atoms with Crippen molar-refractivity contribution in [1.82, 2.24) is 4.90 Å². The molecule has 2 aliphatic rings. The maximum Gasteiger partial charge on any atom is 0.303 e. The van der Waals surface area contributed by atoms with E-state index in [0.717, 1.165) is 31.0 Å². The Bertz CT molecular complexity index is 1030. The number of hydrogen-bond acceptors (Lipinski definition) is 5.